The Kier molecular flexibility index (Phi) is 5.69. The summed E-state index contributed by atoms with van der Waals surface area (Å²) in [4.78, 5) is 0. The van der Waals surface area contributed by atoms with E-state index in [0.29, 0.717) is 18.0 Å². The highest BCUT2D eigenvalue weighted by Gasteiger charge is 2.32. The van der Waals surface area contributed by atoms with Crippen LogP contribution in [0.25, 0.3) is 0 Å². The molecule has 2 N–H and O–H groups in total. The van der Waals surface area contributed by atoms with E-state index in [-0.39, 0.29) is 17.9 Å². The monoisotopic (exact) mass is 317 g/mol. The lowest BCUT2D eigenvalue weighted by Crippen LogP contribution is -2.31. The molecule has 2 rings (SSSR count). The number of alkyl halides is 3. The molecule has 0 aromatic heterocycles. The van der Waals surface area contributed by atoms with E-state index in [1.165, 1.54) is 12.1 Å². The van der Waals surface area contributed by atoms with Crippen molar-refractivity contribution in [2.24, 2.45) is 5.92 Å². The van der Waals surface area contributed by atoms with Crippen LogP contribution >= 0.6 is 0 Å². The summed E-state index contributed by atoms with van der Waals surface area (Å²) in [6.45, 7) is 2.50. The van der Waals surface area contributed by atoms with Gasteiger partial charge in [0.15, 0.2) is 0 Å². The van der Waals surface area contributed by atoms with Crippen molar-refractivity contribution in [3.05, 3.63) is 29.8 Å². The van der Waals surface area contributed by atoms with E-state index in [1.54, 1.807) is 12.1 Å². The minimum Gasteiger partial charge on any atom is -0.405 e. The fourth-order valence-electron chi connectivity index (χ4n) is 2.96. The summed E-state index contributed by atoms with van der Waals surface area (Å²) < 4.78 is 41.4. The summed E-state index contributed by atoms with van der Waals surface area (Å²) in [6, 6.07) is 5.92. The number of rotatable bonds is 5. The van der Waals surface area contributed by atoms with Gasteiger partial charge in [-0.3, -0.25) is 0 Å². The zero-order valence-electron chi connectivity index (χ0n) is 12.6. The van der Waals surface area contributed by atoms with Crippen molar-refractivity contribution in [1.29, 1.82) is 0 Å². The first-order chi connectivity index (χ1) is 10.3. The van der Waals surface area contributed by atoms with Crippen molar-refractivity contribution in [2.75, 3.05) is 6.54 Å². The maximum absolute atomic E-state index is 12.4. The van der Waals surface area contributed by atoms with E-state index >= 15 is 0 Å². The number of aliphatic hydroxyl groups excluding tert-OH is 1. The van der Waals surface area contributed by atoms with Crippen molar-refractivity contribution in [2.45, 2.75) is 51.1 Å². The minimum atomic E-state index is -4.69. The second-order valence-electron chi connectivity index (χ2n) is 5.90. The molecule has 1 aromatic carbocycles. The number of para-hydroxylation sites is 1. The Balaban J connectivity index is 1.95. The lowest BCUT2D eigenvalue weighted by atomic mass is 9.87. The molecule has 0 saturated heterocycles. The number of hydrogen-bond acceptors (Lipinski definition) is 3. The number of halogens is 3. The molecule has 124 valence electrons. The molecule has 3 atom stereocenters. The molecule has 1 saturated carbocycles. The third kappa shape index (κ3) is 5.18. The smallest absolute Gasteiger partial charge is 0.405 e. The van der Waals surface area contributed by atoms with Gasteiger partial charge in [0.25, 0.3) is 0 Å². The zero-order chi connectivity index (χ0) is 16.2. The van der Waals surface area contributed by atoms with Gasteiger partial charge in [0.1, 0.15) is 5.75 Å². The second kappa shape index (κ2) is 7.33. The molecule has 0 radical (unpaired) electrons. The average Bonchev–Trinajstić information content (AvgIpc) is 2.44. The van der Waals surface area contributed by atoms with E-state index < -0.39 is 6.36 Å². The molecule has 6 heteroatoms. The van der Waals surface area contributed by atoms with Gasteiger partial charge in [-0.15, -0.1) is 13.2 Å². The molecule has 0 heterocycles. The minimum absolute atomic E-state index is 0.168. The standard InChI is InChI=1S/C16H22F3NO2/c1-11(20-10-12-5-4-6-13(21)9-12)14-7-2-3-8-15(14)22-16(17,18)19/h2-3,7-8,11-13,20-21H,4-6,9-10H2,1H3. The summed E-state index contributed by atoms with van der Waals surface area (Å²) in [6.07, 6.45) is -1.32. The third-order valence-electron chi connectivity index (χ3n) is 4.08. The van der Waals surface area contributed by atoms with Crippen molar-refractivity contribution < 1.29 is 23.0 Å². The highest BCUT2D eigenvalue weighted by atomic mass is 19.4. The molecule has 0 bridgehead atoms. The molecular formula is C16H22F3NO2. The van der Waals surface area contributed by atoms with Crippen LogP contribution < -0.4 is 10.1 Å². The van der Waals surface area contributed by atoms with Crippen LogP contribution in [0.4, 0.5) is 13.2 Å². The molecule has 1 fully saturated rings. The van der Waals surface area contributed by atoms with E-state index in [2.05, 4.69) is 10.1 Å². The van der Waals surface area contributed by atoms with Gasteiger partial charge < -0.3 is 15.2 Å². The molecule has 0 spiro atoms. The van der Waals surface area contributed by atoms with E-state index in [0.717, 1.165) is 25.7 Å². The quantitative estimate of drug-likeness (QED) is 0.868. The van der Waals surface area contributed by atoms with Gasteiger partial charge in [-0.1, -0.05) is 24.6 Å². The first-order valence-corrected chi connectivity index (χ1v) is 7.61. The molecule has 3 unspecified atom stereocenters. The van der Waals surface area contributed by atoms with Gasteiger partial charge in [0.05, 0.1) is 6.10 Å². The fraction of sp³-hybridized carbons (Fsp3) is 0.625. The number of nitrogens with one attached hydrogen (secondary N) is 1. The fourth-order valence-corrected chi connectivity index (χ4v) is 2.96. The Morgan fingerprint density at radius 1 is 1.32 bits per heavy atom. The predicted octanol–water partition coefficient (Wildman–Crippen LogP) is 3.79. The van der Waals surface area contributed by atoms with Crippen LogP contribution in [0.2, 0.25) is 0 Å². The van der Waals surface area contributed by atoms with Gasteiger partial charge in [-0.25, -0.2) is 0 Å². The molecule has 1 aromatic rings. The first kappa shape index (κ1) is 17.1. The van der Waals surface area contributed by atoms with Crippen LogP contribution in [0.1, 0.15) is 44.2 Å². The number of aliphatic hydroxyl groups is 1. The van der Waals surface area contributed by atoms with Crippen LogP contribution in [0.15, 0.2) is 24.3 Å². The average molecular weight is 317 g/mol. The molecule has 0 aliphatic heterocycles. The second-order valence-corrected chi connectivity index (χ2v) is 5.90. The number of benzene rings is 1. The molecule has 1 aliphatic carbocycles. The Morgan fingerprint density at radius 2 is 2.05 bits per heavy atom. The molecule has 22 heavy (non-hydrogen) atoms. The summed E-state index contributed by atoms with van der Waals surface area (Å²) in [5.41, 5.74) is 0.483. The molecule has 0 amide bonds. The third-order valence-corrected chi connectivity index (χ3v) is 4.08. The lowest BCUT2D eigenvalue weighted by molar-refractivity contribution is -0.275. The molecular weight excluding hydrogens is 295 g/mol. The van der Waals surface area contributed by atoms with Crippen LogP contribution in [0.5, 0.6) is 5.75 Å². The highest BCUT2D eigenvalue weighted by molar-refractivity contribution is 5.35. The van der Waals surface area contributed by atoms with Crippen molar-refractivity contribution in [3.8, 4) is 5.75 Å². The largest absolute Gasteiger partial charge is 0.573 e. The number of ether oxygens (including phenoxy) is 1. The Morgan fingerprint density at radius 3 is 2.73 bits per heavy atom. The normalized spacial score (nSPS) is 24.0. The van der Waals surface area contributed by atoms with Gasteiger partial charge in [0.2, 0.25) is 0 Å². The van der Waals surface area contributed by atoms with Gasteiger partial charge in [-0.2, -0.15) is 0 Å². The van der Waals surface area contributed by atoms with Crippen LogP contribution in [0.3, 0.4) is 0 Å². The van der Waals surface area contributed by atoms with Crippen LogP contribution in [0, 0.1) is 5.92 Å². The van der Waals surface area contributed by atoms with Gasteiger partial charge >= 0.3 is 6.36 Å². The first-order valence-electron chi connectivity index (χ1n) is 7.61. The lowest BCUT2D eigenvalue weighted by Gasteiger charge is -2.28. The molecule has 3 nitrogen and oxygen atoms in total. The van der Waals surface area contributed by atoms with Gasteiger partial charge in [-0.05, 0) is 44.7 Å². The number of hydrogen-bond donors (Lipinski definition) is 2. The highest BCUT2D eigenvalue weighted by Crippen LogP contribution is 2.31. The van der Waals surface area contributed by atoms with Gasteiger partial charge in [0, 0.05) is 11.6 Å². The Bertz CT molecular complexity index is 479. The van der Waals surface area contributed by atoms with Crippen molar-refractivity contribution >= 4 is 0 Å². The van der Waals surface area contributed by atoms with Crippen molar-refractivity contribution in [1.82, 2.24) is 5.32 Å². The zero-order valence-corrected chi connectivity index (χ0v) is 12.6. The van der Waals surface area contributed by atoms with Crippen LogP contribution in [-0.2, 0) is 0 Å². The predicted molar refractivity (Wildman–Crippen MR) is 77.5 cm³/mol. The topological polar surface area (TPSA) is 41.5 Å². The Hall–Kier alpha value is -1.27. The van der Waals surface area contributed by atoms with Crippen LogP contribution in [-0.4, -0.2) is 24.1 Å². The van der Waals surface area contributed by atoms with E-state index in [9.17, 15) is 18.3 Å². The SMILES string of the molecule is CC(NCC1CCCC(O)C1)c1ccccc1OC(F)(F)F. The van der Waals surface area contributed by atoms with E-state index in [4.69, 9.17) is 0 Å². The molecule has 1 aliphatic rings. The van der Waals surface area contributed by atoms with Crippen molar-refractivity contribution in [3.63, 3.8) is 0 Å². The summed E-state index contributed by atoms with van der Waals surface area (Å²) >= 11 is 0. The maximum atomic E-state index is 12.4. The van der Waals surface area contributed by atoms with E-state index in [1.807, 2.05) is 6.92 Å². The summed E-state index contributed by atoms with van der Waals surface area (Å²) in [5, 5.41) is 12.9. The Labute approximate surface area is 128 Å². The summed E-state index contributed by atoms with van der Waals surface area (Å²) in [7, 11) is 0. The summed E-state index contributed by atoms with van der Waals surface area (Å²) in [5.74, 6) is 0.195. The maximum Gasteiger partial charge on any atom is 0.573 e.